The third kappa shape index (κ3) is 4.19. The predicted octanol–water partition coefficient (Wildman–Crippen LogP) is 2.48. The van der Waals surface area contributed by atoms with Crippen LogP contribution in [-0.4, -0.2) is 27.8 Å². The molecule has 7 nitrogen and oxygen atoms in total. The maximum atomic E-state index is 12.7. The van der Waals surface area contributed by atoms with Crippen molar-refractivity contribution in [3.05, 3.63) is 69.1 Å². The van der Waals surface area contributed by atoms with Gasteiger partial charge in [-0.3, -0.25) is 19.2 Å². The second-order valence-corrected chi connectivity index (χ2v) is 7.88. The number of nitrogens with one attached hydrogen (secondary N) is 2. The van der Waals surface area contributed by atoms with E-state index in [1.165, 1.54) is 6.07 Å². The number of pyridine rings is 1. The lowest BCUT2D eigenvalue weighted by molar-refractivity contribution is -0.137. The fourth-order valence-corrected chi connectivity index (χ4v) is 3.54. The predicted molar refractivity (Wildman–Crippen MR) is 102 cm³/mol. The number of hydrogen-bond acceptors (Lipinski definition) is 4. The summed E-state index contributed by atoms with van der Waals surface area (Å²) in [4.78, 5) is 51.5. The molecule has 1 aliphatic carbocycles. The molecule has 1 unspecified atom stereocenters. The maximum absolute atomic E-state index is 12.7. The highest BCUT2D eigenvalue weighted by molar-refractivity contribution is 6.02. The molecule has 0 saturated carbocycles. The number of aromatic nitrogens is 1. The van der Waals surface area contributed by atoms with E-state index >= 15 is 0 Å². The van der Waals surface area contributed by atoms with Crippen LogP contribution in [-0.2, 0) is 11.2 Å². The molecule has 0 spiro atoms. The van der Waals surface area contributed by atoms with Crippen LogP contribution in [0.3, 0.4) is 0 Å². The van der Waals surface area contributed by atoms with E-state index in [4.69, 9.17) is 5.11 Å². The second kappa shape index (κ2) is 7.42. The number of amides is 1. The molecule has 0 radical (unpaired) electrons. The van der Waals surface area contributed by atoms with Crippen LogP contribution in [0.2, 0.25) is 0 Å². The molecule has 1 aliphatic rings. The van der Waals surface area contributed by atoms with Crippen molar-refractivity contribution in [2.45, 2.75) is 39.2 Å². The summed E-state index contributed by atoms with van der Waals surface area (Å²) in [7, 11) is 0. The molecule has 146 valence electrons. The number of carboxylic acid groups (broad SMARTS) is 1. The Morgan fingerprint density at radius 1 is 1.18 bits per heavy atom. The van der Waals surface area contributed by atoms with Gasteiger partial charge >= 0.3 is 5.97 Å². The lowest BCUT2D eigenvalue weighted by atomic mass is 9.75. The molecule has 3 rings (SSSR count). The van der Waals surface area contributed by atoms with Crippen molar-refractivity contribution < 1.29 is 19.5 Å². The molecule has 1 aromatic carbocycles. The average Bonchev–Trinajstić information content (AvgIpc) is 2.60. The minimum absolute atomic E-state index is 0.123. The van der Waals surface area contributed by atoms with E-state index in [0.29, 0.717) is 29.7 Å². The summed E-state index contributed by atoms with van der Waals surface area (Å²) in [6, 6.07) is 9.20. The second-order valence-electron chi connectivity index (χ2n) is 7.88. The van der Waals surface area contributed by atoms with Gasteiger partial charge in [-0.05, 0) is 23.5 Å². The lowest BCUT2D eigenvalue weighted by Gasteiger charge is -2.29. The topological polar surface area (TPSA) is 116 Å². The summed E-state index contributed by atoms with van der Waals surface area (Å²) >= 11 is 0. The van der Waals surface area contributed by atoms with Crippen LogP contribution in [0.5, 0.6) is 0 Å². The lowest BCUT2D eigenvalue weighted by Crippen LogP contribution is -2.36. The maximum Gasteiger partial charge on any atom is 0.305 e. The number of Topliss-reactive ketones (excluding diaryl/α,β-unsaturated/α-hetero) is 1. The Hall–Kier alpha value is -3.22. The Balaban J connectivity index is 1.92. The Morgan fingerprint density at radius 2 is 1.86 bits per heavy atom. The normalized spacial score (nSPS) is 16.1. The van der Waals surface area contributed by atoms with Crippen molar-refractivity contribution in [1.82, 2.24) is 10.3 Å². The number of carbonyl (C=O) groups excluding carboxylic acids is 2. The van der Waals surface area contributed by atoms with E-state index in [2.05, 4.69) is 10.3 Å². The van der Waals surface area contributed by atoms with Crippen molar-refractivity contribution >= 4 is 17.7 Å². The van der Waals surface area contributed by atoms with E-state index in [0.717, 1.165) is 0 Å². The van der Waals surface area contributed by atoms with Gasteiger partial charge in [-0.1, -0.05) is 44.2 Å². The van der Waals surface area contributed by atoms with E-state index in [9.17, 15) is 19.2 Å². The van der Waals surface area contributed by atoms with Crippen LogP contribution in [0.4, 0.5) is 0 Å². The molecule has 0 bridgehead atoms. The number of ketones is 1. The molecule has 2 aromatic rings. The fraction of sp³-hybridized carbons (Fsp3) is 0.333. The van der Waals surface area contributed by atoms with Crippen LogP contribution >= 0.6 is 0 Å². The zero-order valence-corrected chi connectivity index (χ0v) is 15.7. The highest BCUT2D eigenvalue weighted by Gasteiger charge is 2.33. The first-order valence-corrected chi connectivity index (χ1v) is 9.03. The molecule has 28 heavy (non-hydrogen) atoms. The summed E-state index contributed by atoms with van der Waals surface area (Å²) in [6.07, 6.45) is 0.543. The average molecular weight is 382 g/mol. The number of hydrogen-bond donors (Lipinski definition) is 3. The van der Waals surface area contributed by atoms with Crippen LogP contribution in [0.25, 0.3) is 0 Å². The Labute approximate surface area is 161 Å². The molecule has 0 fully saturated rings. The van der Waals surface area contributed by atoms with Crippen LogP contribution in [0.15, 0.2) is 41.2 Å². The minimum Gasteiger partial charge on any atom is -0.481 e. The zero-order chi connectivity index (χ0) is 20.5. The van der Waals surface area contributed by atoms with Crippen molar-refractivity contribution in [3.8, 4) is 0 Å². The third-order valence-corrected chi connectivity index (χ3v) is 4.85. The van der Waals surface area contributed by atoms with Gasteiger partial charge < -0.3 is 15.4 Å². The minimum atomic E-state index is -1.08. The Bertz CT molecular complexity index is 992. The number of aliphatic carboxylic acids is 1. The first kappa shape index (κ1) is 19.5. The first-order chi connectivity index (χ1) is 13.2. The van der Waals surface area contributed by atoms with E-state index in [1.54, 1.807) is 30.3 Å². The summed E-state index contributed by atoms with van der Waals surface area (Å²) in [5.41, 5.74) is 0.454. The van der Waals surface area contributed by atoms with Gasteiger partial charge in [0.15, 0.2) is 5.78 Å². The van der Waals surface area contributed by atoms with Crippen molar-refractivity contribution in [3.63, 3.8) is 0 Å². The number of aromatic amines is 1. The van der Waals surface area contributed by atoms with Gasteiger partial charge in [0.25, 0.3) is 11.5 Å². The van der Waals surface area contributed by atoms with Gasteiger partial charge in [0.2, 0.25) is 0 Å². The van der Waals surface area contributed by atoms with Crippen LogP contribution in [0, 0.1) is 5.41 Å². The number of rotatable bonds is 5. The summed E-state index contributed by atoms with van der Waals surface area (Å²) < 4.78 is 0. The van der Waals surface area contributed by atoms with E-state index < -0.39 is 23.5 Å². The quantitative estimate of drug-likeness (QED) is 0.735. The molecule has 1 atom stereocenters. The molecule has 1 aromatic heterocycles. The Kier molecular flexibility index (Phi) is 5.18. The van der Waals surface area contributed by atoms with E-state index in [1.807, 2.05) is 13.8 Å². The molecule has 1 heterocycles. The van der Waals surface area contributed by atoms with Crippen LogP contribution in [0.1, 0.15) is 64.7 Å². The van der Waals surface area contributed by atoms with Gasteiger partial charge in [-0.2, -0.15) is 0 Å². The summed E-state index contributed by atoms with van der Waals surface area (Å²) in [5, 5.41) is 11.8. The van der Waals surface area contributed by atoms with Crippen LogP contribution < -0.4 is 10.9 Å². The molecule has 3 N–H and O–H groups in total. The molecule has 0 aliphatic heterocycles. The van der Waals surface area contributed by atoms with Crippen molar-refractivity contribution in [2.24, 2.45) is 5.41 Å². The van der Waals surface area contributed by atoms with Crippen molar-refractivity contribution in [1.29, 1.82) is 0 Å². The molecule has 0 saturated heterocycles. The molecular weight excluding hydrogens is 360 g/mol. The standard InChI is InChI=1S/C21H22N2O5/c1-21(2)10-16-13(17(24)11-21)8-14(20(28)23-16)19(27)22-15(9-18(25)26)12-6-4-3-5-7-12/h3-8,15H,9-11H2,1-2H3,(H,22,27)(H,23,28)(H,25,26). The van der Waals surface area contributed by atoms with E-state index in [-0.39, 0.29) is 23.2 Å². The summed E-state index contributed by atoms with van der Waals surface area (Å²) in [5.74, 6) is -1.91. The monoisotopic (exact) mass is 382 g/mol. The number of benzene rings is 1. The fourth-order valence-electron chi connectivity index (χ4n) is 3.54. The highest BCUT2D eigenvalue weighted by atomic mass is 16.4. The van der Waals surface area contributed by atoms with Gasteiger partial charge in [-0.25, -0.2) is 0 Å². The van der Waals surface area contributed by atoms with Gasteiger partial charge in [-0.15, -0.1) is 0 Å². The number of H-pyrrole nitrogens is 1. The number of carbonyl (C=O) groups is 3. The first-order valence-electron chi connectivity index (χ1n) is 9.03. The van der Waals surface area contributed by atoms with Gasteiger partial charge in [0, 0.05) is 17.7 Å². The molecular formula is C21H22N2O5. The summed E-state index contributed by atoms with van der Waals surface area (Å²) in [6.45, 7) is 3.90. The van der Waals surface area contributed by atoms with Gasteiger partial charge in [0.05, 0.1) is 12.5 Å². The SMILES string of the molecule is CC1(C)CC(=O)c2cc(C(=O)NC(CC(=O)O)c3ccccc3)c(=O)[nH]c2C1. The Morgan fingerprint density at radius 3 is 2.50 bits per heavy atom. The molecule has 1 amide bonds. The highest BCUT2D eigenvalue weighted by Crippen LogP contribution is 2.33. The number of carboxylic acids is 1. The smallest absolute Gasteiger partial charge is 0.305 e. The van der Waals surface area contributed by atoms with Gasteiger partial charge in [0.1, 0.15) is 5.56 Å². The van der Waals surface area contributed by atoms with Crippen molar-refractivity contribution in [2.75, 3.05) is 0 Å². The third-order valence-electron chi connectivity index (χ3n) is 4.85. The largest absolute Gasteiger partial charge is 0.481 e. The molecule has 7 heteroatoms. The zero-order valence-electron chi connectivity index (χ0n) is 15.7. The number of fused-ring (bicyclic) bond motifs is 1.